The van der Waals surface area contributed by atoms with E-state index < -0.39 is 0 Å². The molecule has 0 bridgehead atoms. The normalized spacial score (nSPS) is 18.8. The summed E-state index contributed by atoms with van der Waals surface area (Å²) in [4.78, 5) is 4.78. The van der Waals surface area contributed by atoms with Crippen LogP contribution >= 0.6 is 24.0 Å². The number of hydrogen-bond donors (Lipinski definition) is 2. The average molecular weight is 453 g/mol. The van der Waals surface area contributed by atoms with Crippen LogP contribution in [0.4, 0.5) is 0 Å². The molecule has 2 N–H and O–H groups in total. The average Bonchev–Trinajstić information content (AvgIpc) is 3.45. The third-order valence-electron chi connectivity index (χ3n) is 4.66. The first-order chi connectivity index (χ1) is 11.3. The number of rotatable bonds is 13. The van der Waals surface area contributed by atoms with Gasteiger partial charge in [0.2, 0.25) is 0 Å². The molecule has 2 fully saturated rings. The van der Waals surface area contributed by atoms with E-state index in [0.29, 0.717) is 5.41 Å². The van der Waals surface area contributed by atoms with Crippen molar-refractivity contribution in [3.05, 3.63) is 0 Å². The maximum absolute atomic E-state index is 5.66. The van der Waals surface area contributed by atoms with E-state index in [0.717, 1.165) is 70.8 Å². The minimum absolute atomic E-state index is 0. The second kappa shape index (κ2) is 12.3. The van der Waals surface area contributed by atoms with Gasteiger partial charge in [0, 0.05) is 46.1 Å². The zero-order valence-electron chi connectivity index (χ0n) is 15.4. The summed E-state index contributed by atoms with van der Waals surface area (Å²) in [5, 5.41) is 6.76. The SMILES string of the molecule is CCNC(=NCC1(CCOCC)CC1)NCCCOCC1CC1.I. The van der Waals surface area contributed by atoms with Crippen molar-refractivity contribution in [1.82, 2.24) is 10.6 Å². The van der Waals surface area contributed by atoms with Crippen molar-refractivity contribution in [2.75, 3.05) is 46.1 Å². The Kier molecular flexibility index (Phi) is 11.3. The molecule has 0 aromatic rings. The summed E-state index contributed by atoms with van der Waals surface area (Å²) < 4.78 is 11.2. The Bertz CT molecular complexity index is 358. The second-order valence-electron chi connectivity index (χ2n) is 6.94. The van der Waals surface area contributed by atoms with Crippen LogP contribution < -0.4 is 10.6 Å². The quantitative estimate of drug-likeness (QED) is 0.195. The molecule has 0 spiro atoms. The number of guanidine groups is 1. The van der Waals surface area contributed by atoms with Gasteiger partial charge in [0.25, 0.3) is 0 Å². The molecule has 0 aromatic carbocycles. The number of nitrogens with one attached hydrogen (secondary N) is 2. The van der Waals surface area contributed by atoms with Crippen molar-refractivity contribution in [2.45, 2.75) is 52.4 Å². The van der Waals surface area contributed by atoms with Gasteiger partial charge in [-0.15, -0.1) is 24.0 Å². The minimum atomic E-state index is 0. The van der Waals surface area contributed by atoms with Crippen LogP contribution in [0.25, 0.3) is 0 Å². The molecule has 0 unspecified atom stereocenters. The molecule has 2 aliphatic rings. The van der Waals surface area contributed by atoms with Gasteiger partial charge in [-0.25, -0.2) is 0 Å². The fourth-order valence-corrected chi connectivity index (χ4v) is 2.60. The summed E-state index contributed by atoms with van der Waals surface area (Å²) in [5.74, 6) is 1.80. The van der Waals surface area contributed by atoms with Crippen molar-refractivity contribution in [3.63, 3.8) is 0 Å². The van der Waals surface area contributed by atoms with Crippen LogP contribution in [0.2, 0.25) is 0 Å². The van der Waals surface area contributed by atoms with Gasteiger partial charge in [-0.2, -0.15) is 0 Å². The molecule has 0 atom stereocenters. The molecule has 2 aliphatic carbocycles. The summed E-state index contributed by atoms with van der Waals surface area (Å²) >= 11 is 0. The van der Waals surface area contributed by atoms with Crippen molar-refractivity contribution >= 4 is 29.9 Å². The summed E-state index contributed by atoms with van der Waals surface area (Å²) in [6.45, 7) is 10.4. The fourth-order valence-electron chi connectivity index (χ4n) is 2.60. The molecule has 24 heavy (non-hydrogen) atoms. The molecular weight excluding hydrogens is 417 g/mol. The number of hydrogen-bond acceptors (Lipinski definition) is 3. The maximum Gasteiger partial charge on any atom is 0.191 e. The molecule has 5 nitrogen and oxygen atoms in total. The summed E-state index contributed by atoms with van der Waals surface area (Å²) in [5.41, 5.74) is 0.408. The first kappa shape index (κ1) is 22.0. The first-order valence-corrected chi connectivity index (χ1v) is 9.45. The molecule has 2 saturated carbocycles. The lowest BCUT2D eigenvalue weighted by atomic mass is 10.0. The molecule has 0 radical (unpaired) electrons. The predicted octanol–water partition coefficient (Wildman–Crippen LogP) is 3.18. The van der Waals surface area contributed by atoms with Gasteiger partial charge in [0.15, 0.2) is 5.96 Å². The van der Waals surface area contributed by atoms with Crippen LogP contribution in [0, 0.1) is 11.3 Å². The van der Waals surface area contributed by atoms with Crippen LogP contribution in [0.15, 0.2) is 4.99 Å². The maximum atomic E-state index is 5.66. The van der Waals surface area contributed by atoms with Crippen LogP contribution in [-0.2, 0) is 9.47 Å². The number of halogens is 1. The monoisotopic (exact) mass is 453 g/mol. The third-order valence-corrected chi connectivity index (χ3v) is 4.66. The molecule has 142 valence electrons. The van der Waals surface area contributed by atoms with Crippen molar-refractivity contribution in [1.29, 1.82) is 0 Å². The van der Waals surface area contributed by atoms with Crippen LogP contribution in [0.1, 0.15) is 52.4 Å². The Labute approximate surface area is 164 Å². The Morgan fingerprint density at radius 1 is 1.12 bits per heavy atom. The number of aliphatic imine (C=N–C) groups is 1. The topological polar surface area (TPSA) is 54.9 Å². The van der Waals surface area contributed by atoms with Crippen molar-refractivity contribution < 1.29 is 9.47 Å². The highest BCUT2D eigenvalue weighted by Gasteiger charge is 2.41. The van der Waals surface area contributed by atoms with E-state index >= 15 is 0 Å². The lowest BCUT2D eigenvalue weighted by molar-refractivity contribution is 0.123. The smallest absolute Gasteiger partial charge is 0.191 e. The van der Waals surface area contributed by atoms with Gasteiger partial charge in [-0.05, 0) is 63.7 Å². The zero-order valence-corrected chi connectivity index (χ0v) is 17.8. The third kappa shape index (κ3) is 9.42. The van der Waals surface area contributed by atoms with Gasteiger partial charge in [0.1, 0.15) is 0 Å². The van der Waals surface area contributed by atoms with Crippen molar-refractivity contribution in [2.24, 2.45) is 16.3 Å². The van der Waals surface area contributed by atoms with Crippen molar-refractivity contribution in [3.8, 4) is 0 Å². The van der Waals surface area contributed by atoms with Gasteiger partial charge in [-0.1, -0.05) is 0 Å². The highest BCUT2D eigenvalue weighted by molar-refractivity contribution is 14.0. The molecule has 0 aromatic heterocycles. The lowest BCUT2D eigenvalue weighted by Gasteiger charge is -2.15. The summed E-state index contributed by atoms with van der Waals surface area (Å²) in [7, 11) is 0. The van der Waals surface area contributed by atoms with E-state index in [9.17, 15) is 0 Å². The Hall–Kier alpha value is -0.0800. The largest absolute Gasteiger partial charge is 0.382 e. The van der Waals surface area contributed by atoms with E-state index in [-0.39, 0.29) is 24.0 Å². The van der Waals surface area contributed by atoms with Crippen LogP contribution in [0.3, 0.4) is 0 Å². The second-order valence-corrected chi connectivity index (χ2v) is 6.94. The number of ether oxygens (including phenoxy) is 2. The summed E-state index contributed by atoms with van der Waals surface area (Å²) in [6.07, 6.45) is 7.47. The molecule has 6 heteroatoms. The molecule has 2 rings (SSSR count). The molecular formula is C18H36IN3O2. The Morgan fingerprint density at radius 3 is 2.54 bits per heavy atom. The van der Waals surface area contributed by atoms with Gasteiger partial charge >= 0.3 is 0 Å². The molecule has 0 amide bonds. The predicted molar refractivity (Wildman–Crippen MR) is 110 cm³/mol. The minimum Gasteiger partial charge on any atom is -0.382 e. The van der Waals surface area contributed by atoms with Crippen LogP contribution in [0.5, 0.6) is 0 Å². The zero-order chi connectivity index (χ0) is 16.4. The van der Waals surface area contributed by atoms with E-state index in [1.165, 1.54) is 25.7 Å². The van der Waals surface area contributed by atoms with Gasteiger partial charge < -0.3 is 20.1 Å². The lowest BCUT2D eigenvalue weighted by Crippen LogP contribution is -2.38. The first-order valence-electron chi connectivity index (χ1n) is 9.45. The fraction of sp³-hybridized carbons (Fsp3) is 0.944. The van der Waals surface area contributed by atoms with Crippen LogP contribution in [-0.4, -0.2) is 52.0 Å². The highest BCUT2D eigenvalue weighted by atomic mass is 127. The van der Waals surface area contributed by atoms with E-state index in [4.69, 9.17) is 14.5 Å². The Balaban J connectivity index is 0.00000288. The van der Waals surface area contributed by atoms with E-state index in [1.807, 2.05) is 0 Å². The van der Waals surface area contributed by atoms with Gasteiger partial charge in [0.05, 0.1) is 0 Å². The molecule has 0 heterocycles. The van der Waals surface area contributed by atoms with E-state index in [1.54, 1.807) is 0 Å². The molecule has 0 saturated heterocycles. The van der Waals surface area contributed by atoms with Gasteiger partial charge in [-0.3, -0.25) is 4.99 Å². The standard InChI is InChI=1S/C18H35N3O2.HI/c1-3-19-17(20-11-5-12-23-14-16-6-7-16)21-15-18(8-9-18)10-13-22-4-2;/h16H,3-15H2,1-2H3,(H2,19,20,21);1H. The number of nitrogens with zero attached hydrogens (tertiary/aromatic N) is 1. The summed E-state index contributed by atoms with van der Waals surface area (Å²) in [6, 6.07) is 0. The van der Waals surface area contributed by atoms with E-state index in [2.05, 4.69) is 24.5 Å². The highest BCUT2D eigenvalue weighted by Crippen LogP contribution is 2.48. The Morgan fingerprint density at radius 2 is 1.92 bits per heavy atom. The molecule has 0 aliphatic heterocycles.